The van der Waals surface area contributed by atoms with Crippen molar-refractivity contribution < 1.29 is 0 Å². The Hall–Kier alpha value is -7.28. The molecule has 3 aliphatic rings. The zero-order valence-corrected chi connectivity index (χ0v) is 31.8. The van der Waals surface area contributed by atoms with Crippen molar-refractivity contribution in [1.29, 1.82) is 0 Å². The summed E-state index contributed by atoms with van der Waals surface area (Å²) >= 11 is 0. The van der Waals surface area contributed by atoms with Crippen molar-refractivity contribution in [3.05, 3.63) is 263 Å². The van der Waals surface area contributed by atoms with E-state index >= 15 is 0 Å². The lowest BCUT2D eigenvalue weighted by atomic mass is 9.66. The minimum absolute atomic E-state index is 0.391. The van der Waals surface area contributed by atoms with Gasteiger partial charge in [0.05, 0.1) is 10.8 Å². The highest BCUT2D eigenvalue weighted by Gasteiger charge is 2.52. The summed E-state index contributed by atoms with van der Waals surface area (Å²) < 4.78 is 0. The van der Waals surface area contributed by atoms with Gasteiger partial charge in [0.15, 0.2) is 0 Å². The van der Waals surface area contributed by atoms with Crippen LogP contribution >= 0.6 is 0 Å². The molecule has 0 fully saturated rings. The summed E-state index contributed by atoms with van der Waals surface area (Å²) in [4.78, 5) is 0. The fourth-order valence-corrected chi connectivity index (χ4v) is 11.6. The Balaban J connectivity index is 1.13. The average Bonchev–Trinajstić information content (AvgIpc) is 3.90. The number of benzene rings is 10. The summed E-state index contributed by atoms with van der Waals surface area (Å²) in [5.41, 5.74) is 20.2. The van der Waals surface area contributed by atoms with Crippen LogP contribution in [0.5, 0.6) is 0 Å². The van der Waals surface area contributed by atoms with Gasteiger partial charge in [0.25, 0.3) is 0 Å². The first-order chi connectivity index (χ1) is 28.8. The lowest BCUT2D eigenvalue weighted by Gasteiger charge is -2.35. The van der Waals surface area contributed by atoms with Crippen molar-refractivity contribution in [2.75, 3.05) is 0 Å². The molecule has 0 heterocycles. The number of hydrogen-bond acceptors (Lipinski definition) is 0. The number of hydrogen-bond donors (Lipinski definition) is 0. The maximum Gasteiger partial charge on any atom is 0.0725 e. The summed E-state index contributed by atoms with van der Waals surface area (Å²) in [7, 11) is 0. The standard InChI is InChI=1S/C58H36/c1-3-17-39(18-4-1)57(40-19-5-2-6-20-40)54-36-38(32-34-49(54)55-47-26-9-7-21-41(47)42-22-8-10-27-48(42)56(55)57)37-31-33-46-45-25-13-16-30-52(45)58(53(46)35-37)50-28-14-11-23-43(50)44-24-12-15-29-51(44)58/h1-36H. The highest BCUT2D eigenvalue weighted by molar-refractivity contribution is 6.19. The van der Waals surface area contributed by atoms with Crippen molar-refractivity contribution >= 4 is 21.5 Å². The molecule has 0 saturated heterocycles. The van der Waals surface area contributed by atoms with E-state index in [0.29, 0.717) is 0 Å². The highest BCUT2D eigenvalue weighted by Crippen LogP contribution is 2.64. The minimum Gasteiger partial charge on any atom is -0.0622 e. The molecule has 0 radical (unpaired) electrons. The number of fused-ring (bicyclic) bond motifs is 18. The Morgan fingerprint density at radius 2 is 0.621 bits per heavy atom. The third kappa shape index (κ3) is 3.85. The van der Waals surface area contributed by atoms with Crippen LogP contribution in [-0.4, -0.2) is 0 Å². The highest BCUT2D eigenvalue weighted by atomic mass is 14.5. The van der Waals surface area contributed by atoms with E-state index in [1.54, 1.807) is 0 Å². The predicted molar refractivity (Wildman–Crippen MR) is 240 cm³/mol. The molecule has 268 valence electrons. The topological polar surface area (TPSA) is 0 Å². The lowest BCUT2D eigenvalue weighted by Crippen LogP contribution is -2.29. The van der Waals surface area contributed by atoms with Crippen LogP contribution in [0.25, 0.3) is 66.1 Å². The van der Waals surface area contributed by atoms with Gasteiger partial charge in [-0.1, -0.05) is 206 Å². The van der Waals surface area contributed by atoms with E-state index in [1.165, 1.54) is 111 Å². The third-order valence-electron chi connectivity index (χ3n) is 13.7. The summed E-state index contributed by atoms with van der Waals surface area (Å²) in [6.45, 7) is 0. The van der Waals surface area contributed by atoms with E-state index in [0.717, 1.165) is 0 Å². The van der Waals surface area contributed by atoms with Crippen LogP contribution in [0.15, 0.2) is 218 Å². The van der Waals surface area contributed by atoms with Crippen LogP contribution in [0.2, 0.25) is 0 Å². The third-order valence-corrected chi connectivity index (χ3v) is 13.7. The molecule has 10 aromatic rings. The second-order valence-corrected chi connectivity index (χ2v) is 16.2. The molecule has 0 N–H and O–H groups in total. The predicted octanol–water partition coefficient (Wildman–Crippen LogP) is 14.4. The quantitative estimate of drug-likeness (QED) is 0.159. The van der Waals surface area contributed by atoms with E-state index in [4.69, 9.17) is 0 Å². The number of rotatable bonds is 3. The summed E-state index contributed by atoms with van der Waals surface area (Å²) in [6, 6.07) is 82.4. The second-order valence-electron chi connectivity index (χ2n) is 16.2. The molecule has 13 rings (SSSR count). The van der Waals surface area contributed by atoms with Gasteiger partial charge in [-0.25, -0.2) is 0 Å². The molecule has 0 heteroatoms. The molecule has 0 nitrogen and oxygen atoms in total. The maximum atomic E-state index is 2.53. The van der Waals surface area contributed by atoms with Crippen LogP contribution in [-0.2, 0) is 10.8 Å². The summed E-state index contributed by atoms with van der Waals surface area (Å²) in [5.74, 6) is 0. The molecule has 0 saturated carbocycles. The molecule has 0 atom stereocenters. The van der Waals surface area contributed by atoms with Crippen molar-refractivity contribution in [1.82, 2.24) is 0 Å². The van der Waals surface area contributed by atoms with Gasteiger partial charge < -0.3 is 0 Å². The minimum atomic E-state index is -0.551. The molecule has 0 amide bonds. The van der Waals surface area contributed by atoms with Crippen LogP contribution < -0.4 is 0 Å². The first-order valence-electron chi connectivity index (χ1n) is 20.4. The zero-order chi connectivity index (χ0) is 38.0. The van der Waals surface area contributed by atoms with Gasteiger partial charge >= 0.3 is 0 Å². The van der Waals surface area contributed by atoms with Gasteiger partial charge in [0.1, 0.15) is 0 Å². The smallest absolute Gasteiger partial charge is 0.0622 e. The molecular weight excluding hydrogens is 697 g/mol. The zero-order valence-electron chi connectivity index (χ0n) is 31.8. The maximum absolute atomic E-state index is 2.53. The van der Waals surface area contributed by atoms with Crippen molar-refractivity contribution in [2.24, 2.45) is 0 Å². The Kier molecular flexibility index (Phi) is 6.39. The first-order valence-corrected chi connectivity index (χ1v) is 20.4. The molecule has 0 unspecified atom stereocenters. The molecule has 10 aromatic carbocycles. The average molecular weight is 733 g/mol. The molecule has 3 aliphatic carbocycles. The van der Waals surface area contributed by atoms with Crippen molar-refractivity contribution in [2.45, 2.75) is 10.8 Å². The lowest BCUT2D eigenvalue weighted by molar-refractivity contribution is 0.776. The van der Waals surface area contributed by atoms with Gasteiger partial charge in [0.2, 0.25) is 0 Å². The van der Waals surface area contributed by atoms with E-state index < -0.39 is 10.8 Å². The molecule has 58 heavy (non-hydrogen) atoms. The molecule has 1 spiro atoms. The summed E-state index contributed by atoms with van der Waals surface area (Å²) in [5, 5.41) is 5.19. The Morgan fingerprint density at radius 3 is 1.16 bits per heavy atom. The molecule has 0 aromatic heterocycles. The van der Waals surface area contributed by atoms with Gasteiger partial charge in [-0.3, -0.25) is 0 Å². The largest absolute Gasteiger partial charge is 0.0725 e. The van der Waals surface area contributed by atoms with E-state index in [1.807, 2.05) is 0 Å². The van der Waals surface area contributed by atoms with E-state index in [2.05, 4.69) is 218 Å². The van der Waals surface area contributed by atoms with Crippen LogP contribution in [0.1, 0.15) is 44.5 Å². The van der Waals surface area contributed by atoms with Gasteiger partial charge in [-0.2, -0.15) is 0 Å². The van der Waals surface area contributed by atoms with Gasteiger partial charge in [-0.15, -0.1) is 0 Å². The van der Waals surface area contributed by atoms with Crippen molar-refractivity contribution in [3.63, 3.8) is 0 Å². The molecule has 0 aliphatic heterocycles. The second kappa shape index (κ2) is 11.6. The summed E-state index contributed by atoms with van der Waals surface area (Å²) in [6.07, 6.45) is 0. The first kappa shape index (κ1) is 31.9. The van der Waals surface area contributed by atoms with Gasteiger partial charge in [0, 0.05) is 0 Å². The Bertz CT molecular complexity index is 3230. The molecular formula is C58H36. The monoisotopic (exact) mass is 732 g/mol. The Morgan fingerprint density at radius 1 is 0.241 bits per heavy atom. The fourth-order valence-electron chi connectivity index (χ4n) is 11.6. The van der Waals surface area contributed by atoms with E-state index in [-0.39, 0.29) is 0 Å². The molecule has 0 bridgehead atoms. The van der Waals surface area contributed by atoms with Crippen LogP contribution in [0, 0.1) is 0 Å². The Labute approximate surface area is 338 Å². The van der Waals surface area contributed by atoms with Crippen LogP contribution in [0.4, 0.5) is 0 Å². The fraction of sp³-hybridized carbons (Fsp3) is 0.0345. The van der Waals surface area contributed by atoms with Crippen molar-refractivity contribution in [3.8, 4) is 44.5 Å². The SMILES string of the molecule is c1ccc(C2(c3ccccc3)c3cc(-c4ccc5c(c4)C4(c6ccccc6-c6ccccc64)c4ccccc4-5)ccc3-c3c2c2ccccc2c2ccccc32)cc1. The van der Waals surface area contributed by atoms with Gasteiger partial charge in [-0.05, 0) is 123 Å². The van der Waals surface area contributed by atoms with E-state index in [9.17, 15) is 0 Å². The van der Waals surface area contributed by atoms with Crippen LogP contribution in [0.3, 0.4) is 0 Å². The normalized spacial score (nSPS) is 14.5.